The smallest absolute Gasteiger partial charge is 0.252 e. The molecule has 0 aliphatic carbocycles. The Kier molecular flexibility index (Phi) is 3.44. The van der Waals surface area contributed by atoms with Gasteiger partial charge < -0.3 is 14.6 Å². The number of benzene rings is 1. The molecule has 21 heavy (non-hydrogen) atoms. The maximum atomic E-state index is 12.2. The molecule has 3 rings (SSSR count). The molecule has 0 saturated heterocycles. The summed E-state index contributed by atoms with van der Waals surface area (Å²) < 4.78 is 10.3. The van der Waals surface area contributed by atoms with Crippen molar-refractivity contribution < 1.29 is 24.2 Å². The third-order valence-electron chi connectivity index (χ3n) is 2.95. The molecular weight excluding hydrogens is 294 g/mol. The molecule has 0 saturated carbocycles. The first-order chi connectivity index (χ1) is 10.1. The van der Waals surface area contributed by atoms with E-state index in [4.69, 9.17) is 9.47 Å². The number of hydrogen-bond acceptors (Lipinski definition) is 7. The normalized spacial score (nSPS) is 14.0. The van der Waals surface area contributed by atoms with E-state index in [1.807, 2.05) is 0 Å². The molecule has 1 N–H and O–H groups in total. The van der Waals surface area contributed by atoms with Gasteiger partial charge in [0, 0.05) is 10.9 Å². The summed E-state index contributed by atoms with van der Waals surface area (Å²) >= 11 is 1.14. The zero-order valence-electron chi connectivity index (χ0n) is 11.0. The fourth-order valence-corrected chi connectivity index (χ4v) is 2.61. The second-order valence-corrected chi connectivity index (χ2v) is 5.36. The Morgan fingerprint density at radius 3 is 2.76 bits per heavy atom. The van der Waals surface area contributed by atoms with E-state index in [0.29, 0.717) is 16.5 Å². The van der Waals surface area contributed by atoms with Crippen LogP contribution in [0.2, 0.25) is 0 Å². The van der Waals surface area contributed by atoms with Gasteiger partial charge in [-0.1, -0.05) is 0 Å². The van der Waals surface area contributed by atoms with Crippen LogP contribution in [0.25, 0.3) is 0 Å². The first kappa shape index (κ1) is 13.7. The molecule has 1 atom stereocenters. The van der Waals surface area contributed by atoms with Crippen LogP contribution in [-0.2, 0) is 0 Å². The molecule has 6 nitrogen and oxygen atoms in total. The first-order valence-corrected chi connectivity index (χ1v) is 7.06. The first-order valence-electron chi connectivity index (χ1n) is 6.18. The van der Waals surface area contributed by atoms with Gasteiger partial charge in [-0.2, -0.15) is 0 Å². The van der Waals surface area contributed by atoms with Gasteiger partial charge in [0.05, 0.1) is 0 Å². The molecular formula is C14H11NO5S. The maximum Gasteiger partial charge on any atom is 0.252 e. The number of aromatic nitrogens is 1. The van der Waals surface area contributed by atoms with Crippen molar-refractivity contribution in [1.82, 2.24) is 4.98 Å². The zero-order valence-corrected chi connectivity index (χ0v) is 11.8. The average molecular weight is 305 g/mol. The van der Waals surface area contributed by atoms with Crippen LogP contribution < -0.4 is 9.47 Å². The molecule has 0 amide bonds. The molecule has 0 spiro atoms. The van der Waals surface area contributed by atoms with Gasteiger partial charge in [-0.15, -0.1) is 11.3 Å². The zero-order chi connectivity index (χ0) is 15.0. The van der Waals surface area contributed by atoms with E-state index in [9.17, 15) is 14.7 Å². The van der Waals surface area contributed by atoms with Crippen LogP contribution in [0.1, 0.15) is 38.9 Å². The minimum absolute atomic E-state index is 0.0403. The summed E-state index contributed by atoms with van der Waals surface area (Å²) in [5.74, 6) is -0.395. The van der Waals surface area contributed by atoms with E-state index in [2.05, 4.69) is 4.98 Å². The SMILES string of the molecule is CC(O)c1nc(C(=O)C(=O)c2ccc3c(c2)OCO3)cs1. The van der Waals surface area contributed by atoms with E-state index in [-0.39, 0.29) is 18.1 Å². The van der Waals surface area contributed by atoms with Crippen molar-refractivity contribution in [3.05, 3.63) is 39.8 Å². The van der Waals surface area contributed by atoms with Gasteiger partial charge in [0.25, 0.3) is 5.78 Å². The van der Waals surface area contributed by atoms with Crippen molar-refractivity contribution >= 4 is 22.9 Å². The minimum atomic E-state index is -0.766. The van der Waals surface area contributed by atoms with Crippen LogP contribution in [0.3, 0.4) is 0 Å². The highest BCUT2D eigenvalue weighted by molar-refractivity contribution is 7.10. The molecule has 0 radical (unpaired) electrons. The van der Waals surface area contributed by atoms with Crippen LogP contribution in [0.15, 0.2) is 23.6 Å². The molecule has 2 heterocycles. The largest absolute Gasteiger partial charge is 0.454 e. The number of rotatable bonds is 4. The summed E-state index contributed by atoms with van der Waals surface area (Å²) in [6, 6.07) is 4.57. The van der Waals surface area contributed by atoms with Crippen LogP contribution in [0.5, 0.6) is 11.5 Å². The molecule has 1 aliphatic heterocycles. The monoisotopic (exact) mass is 305 g/mol. The number of hydrogen-bond donors (Lipinski definition) is 1. The van der Waals surface area contributed by atoms with Crippen LogP contribution in [0, 0.1) is 0 Å². The van der Waals surface area contributed by atoms with Gasteiger partial charge in [0.15, 0.2) is 11.5 Å². The maximum absolute atomic E-state index is 12.2. The summed E-state index contributed by atoms with van der Waals surface area (Å²) in [6.07, 6.45) is -0.766. The summed E-state index contributed by atoms with van der Waals surface area (Å²) in [4.78, 5) is 28.3. The van der Waals surface area contributed by atoms with Crippen LogP contribution >= 0.6 is 11.3 Å². The lowest BCUT2D eigenvalue weighted by Gasteiger charge is -2.01. The van der Waals surface area contributed by atoms with Gasteiger partial charge in [0.1, 0.15) is 16.8 Å². The Morgan fingerprint density at radius 1 is 1.29 bits per heavy atom. The predicted molar refractivity (Wildman–Crippen MR) is 74.0 cm³/mol. The van der Waals surface area contributed by atoms with Gasteiger partial charge in [-0.05, 0) is 25.1 Å². The van der Waals surface area contributed by atoms with Crippen molar-refractivity contribution in [2.45, 2.75) is 13.0 Å². The van der Waals surface area contributed by atoms with Crippen molar-refractivity contribution in [3.63, 3.8) is 0 Å². The van der Waals surface area contributed by atoms with Crippen molar-refractivity contribution in [2.75, 3.05) is 6.79 Å². The molecule has 0 bridgehead atoms. The third kappa shape index (κ3) is 2.53. The third-order valence-corrected chi connectivity index (χ3v) is 3.97. The number of ether oxygens (including phenoxy) is 2. The molecule has 7 heteroatoms. The number of nitrogens with zero attached hydrogens (tertiary/aromatic N) is 1. The lowest BCUT2D eigenvalue weighted by atomic mass is 10.1. The van der Waals surface area contributed by atoms with E-state index in [0.717, 1.165) is 11.3 Å². The second kappa shape index (κ2) is 5.27. The summed E-state index contributed by atoms with van der Waals surface area (Å²) in [7, 11) is 0. The molecule has 1 unspecified atom stereocenters. The highest BCUT2D eigenvalue weighted by Gasteiger charge is 2.24. The summed E-state index contributed by atoms with van der Waals surface area (Å²) in [6.45, 7) is 1.65. The van der Waals surface area contributed by atoms with E-state index in [1.165, 1.54) is 17.5 Å². The minimum Gasteiger partial charge on any atom is -0.454 e. The molecule has 0 fully saturated rings. The van der Waals surface area contributed by atoms with E-state index in [1.54, 1.807) is 13.0 Å². The molecule has 1 aromatic carbocycles. The number of ketones is 2. The number of thiazole rings is 1. The molecule has 108 valence electrons. The lowest BCUT2D eigenvalue weighted by molar-refractivity contribution is 0.0814. The van der Waals surface area contributed by atoms with Crippen molar-refractivity contribution in [1.29, 1.82) is 0 Å². The quantitative estimate of drug-likeness (QED) is 0.687. The highest BCUT2D eigenvalue weighted by atomic mass is 32.1. The Morgan fingerprint density at radius 2 is 2.05 bits per heavy atom. The number of carbonyl (C=O) groups excluding carboxylic acids is 2. The Hall–Kier alpha value is -2.25. The molecule has 1 aromatic heterocycles. The fraction of sp³-hybridized carbons (Fsp3) is 0.214. The van der Waals surface area contributed by atoms with Crippen LogP contribution in [0.4, 0.5) is 0 Å². The van der Waals surface area contributed by atoms with Crippen molar-refractivity contribution in [2.24, 2.45) is 0 Å². The van der Waals surface area contributed by atoms with Gasteiger partial charge in [-0.25, -0.2) is 4.98 Å². The molecule has 2 aromatic rings. The summed E-state index contributed by atoms with van der Waals surface area (Å²) in [5.41, 5.74) is 0.259. The van der Waals surface area contributed by atoms with Gasteiger partial charge in [-0.3, -0.25) is 9.59 Å². The van der Waals surface area contributed by atoms with E-state index >= 15 is 0 Å². The van der Waals surface area contributed by atoms with Crippen LogP contribution in [-0.4, -0.2) is 28.4 Å². The Labute approximate surface area is 124 Å². The van der Waals surface area contributed by atoms with E-state index < -0.39 is 17.7 Å². The Balaban J connectivity index is 1.85. The van der Waals surface area contributed by atoms with Gasteiger partial charge in [0.2, 0.25) is 12.6 Å². The predicted octanol–water partition coefficient (Wildman–Crippen LogP) is 1.99. The number of aliphatic hydroxyl groups excluding tert-OH is 1. The second-order valence-electron chi connectivity index (χ2n) is 4.47. The average Bonchev–Trinajstić information content (AvgIpc) is 3.13. The number of Topliss-reactive ketones (excluding diaryl/α,β-unsaturated/α-hetero) is 2. The standard InChI is InChI=1S/C14H11NO5S/c1-7(16)14-15-9(5-21-14)13(18)12(17)8-2-3-10-11(4-8)20-6-19-10/h2-5,7,16H,6H2,1H3. The van der Waals surface area contributed by atoms with Gasteiger partial charge >= 0.3 is 0 Å². The topological polar surface area (TPSA) is 85.7 Å². The number of aliphatic hydroxyl groups is 1. The molecule has 1 aliphatic rings. The van der Waals surface area contributed by atoms with Crippen molar-refractivity contribution in [3.8, 4) is 11.5 Å². The highest BCUT2D eigenvalue weighted by Crippen LogP contribution is 2.32. The fourth-order valence-electron chi connectivity index (χ4n) is 1.87. The summed E-state index contributed by atoms with van der Waals surface area (Å²) in [5, 5.41) is 11.3. The number of fused-ring (bicyclic) bond motifs is 1. The Bertz CT molecular complexity index is 722. The lowest BCUT2D eigenvalue weighted by Crippen LogP contribution is -2.15. The number of carbonyl (C=O) groups is 2.